The molecule has 1 heterocycles. The van der Waals surface area contributed by atoms with Gasteiger partial charge < -0.3 is 21.1 Å². The largest absolute Gasteiger partial charge is 0.490 e. The first-order valence-electron chi connectivity index (χ1n) is 8.29. The molecule has 0 bridgehead atoms. The third-order valence-corrected chi connectivity index (χ3v) is 4.01. The second kappa shape index (κ2) is 9.38. The lowest BCUT2D eigenvalue weighted by atomic mass is 9.85. The van der Waals surface area contributed by atoms with Crippen LogP contribution in [0, 0.1) is 12.8 Å². The van der Waals surface area contributed by atoms with Gasteiger partial charge in [-0.25, -0.2) is 14.8 Å². The molecule has 0 spiro atoms. The molecule has 1 saturated carbocycles. The van der Waals surface area contributed by atoms with Crippen LogP contribution < -0.4 is 16.0 Å². The van der Waals surface area contributed by atoms with E-state index in [0.717, 1.165) is 43.1 Å². The molecule has 0 atom stereocenters. The minimum Gasteiger partial charge on any atom is -0.475 e. The van der Waals surface area contributed by atoms with Crippen molar-refractivity contribution in [2.45, 2.75) is 44.8 Å². The number of hydrogen-bond donors (Lipinski definition) is 3. The Hall–Kier alpha value is -2.59. The molecule has 1 amide bonds. The van der Waals surface area contributed by atoms with Crippen LogP contribution in [0.25, 0.3) is 0 Å². The van der Waals surface area contributed by atoms with Crippen LogP contribution in [0.2, 0.25) is 0 Å². The maximum Gasteiger partial charge on any atom is 0.490 e. The van der Waals surface area contributed by atoms with Crippen molar-refractivity contribution < 1.29 is 27.9 Å². The van der Waals surface area contributed by atoms with E-state index in [1.807, 2.05) is 32.0 Å². The number of carboxylic acid groups (broad SMARTS) is 1. The maximum atomic E-state index is 11.2. The van der Waals surface area contributed by atoms with E-state index in [4.69, 9.17) is 15.6 Å². The predicted molar refractivity (Wildman–Crippen MR) is 93.3 cm³/mol. The van der Waals surface area contributed by atoms with E-state index >= 15 is 0 Å². The first-order valence-corrected chi connectivity index (χ1v) is 8.29. The molecule has 1 fully saturated rings. The number of carbonyl (C=O) groups excluding carboxylic acids is 1. The summed E-state index contributed by atoms with van der Waals surface area (Å²) >= 11 is 0. The summed E-state index contributed by atoms with van der Waals surface area (Å²) in [6.45, 7) is 1.89. The van der Waals surface area contributed by atoms with Gasteiger partial charge in [0, 0.05) is 32.1 Å². The van der Waals surface area contributed by atoms with E-state index in [-0.39, 0.29) is 11.8 Å². The number of alkyl halides is 3. The topological polar surface area (TPSA) is 121 Å². The number of amides is 1. The fourth-order valence-corrected chi connectivity index (χ4v) is 2.59. The molecule has 11 heteroatoms. The predicted octanol–water partition coefficient (Wildman–Crippen LogP) is 1.94. The van der Waals surface area contributed by atoms with E-state index in [1.54, 1.807) is 0 Å². The molecule has 0 aliphatic heterocycles. The third kappa shape index (κ3) is 7.67. The maximum absolute atomic E-state index is 11.2. The summed E-state index contributed by atoms with van der Waals surface area (Å²) in [5.74, 6) is -0.389. The molecule has 1 aromatic rings. The Labute approximate surface area is 155 Å². The van der Waals surface area contributed by atoms with Gasteiger partial charge >= 0.3 is 12.1 Å². The zero-order chi connectivity index (χ0) is 20.8. The summed E-state index contributed by atoms with van der Waals surface area (Å²) in [4.78, 5) is 30.8. The number of carboxylic acids is 1. The van der Waals surface area contributed by atoms with Crippen LogP contribution in [0.15, 0.2) is 6.07 Å². The summed E-state index contributed by atoms with van der Waals surface area (Å²) in [6, 6.07) is 2.31. The number of aliphatic carboxylic acids is 1. The second-order valence-electron chi connectivity index (χ2n) is 6.45. The van der Waals surface area contributed by atoms with E-state index in [2.05, 4.69) is 15.3 Å². The fraction of sp³-hybridized carbons (Fsp3) is 0.625. The number of primary amides is 1. The van der Waals surface area contributed by atoms with Gasteiger partial charge in [-0.2, -0.15) is 13.2 Å². The number of anilines is 2. The van der Waals surface area contributed by atoms with Crippen molar-refractivity contribution in [1.29, 1.82) is 0 Å². The third-order valence-electron chi connectivity index (χ3n) is 4.01. The standard InChI is InChI=1S/C14H23N5O.C2HF3O2/c1-9-16-12(8-13(17-9)19(2)3)18-11-6-4-10(5-7-11)14(15)20;3-2(4,5)1(6)7/h8,10-11H,4-7H2,1-3H3,(H2,15,20)(H,16,17,18);(H,6,7). The van der Waals surface area contributed by atoms with Gasteiger partial charge in [-0.15, -0.1) is 0 Å². The molecule has 0 radical (unpaired) electrons. The number of hydrogen-bond acceptors (Lipinski definition) is 6. The SMILES string of the molecule is Cc1nc(NC2CCC(C(N)=O)CC2)cc(N(C)C)n1.O=C(O)C(F)(F)F. The van der Waals surface area contributed by atoms with Gasteiger partial charge in [0.25, 0.3) is 0 Å². The van der Waals surface area contributed by atoms with Gasteiger partial charge in [0.1, 0.15) is 17.5 Å². The Balaban J connectivity index is 0.000000445. The zero-order valence-electron chi connectivity index (χ0n) is 15.4. The Kier molecular flexibility index (Phi) is 7.80. The lowest BCUT2D eigenvalue weighted by Crippen LogP contribution is -2.32. The molecule has 8 nitrogen and oxygen atoms in total. The summed E-state index contributed by atoms with van der Waals surface area (Å²) in [6.07, 6.45) is -1.46. The van der Waals surface area contributed by atoms with Crippen molar-refractivity contribution in [2.24, 2.45) is 11.7 Å². The minimum atomic E-state index is -5.08. The van der Waals surface area contributed by atoms with Crippen LogP contribution >= 0.6 is 0 Å². The number of aromatic nitrogens is 2. The monoisotopic (exact) mass is 391 g/mol. The zero-order valence-corrected chi connectivity index (χ0v) is 15.4. The number of carbonyl (C=O) groups is 2. The van der Waals surface area contributed by atoms with Crippen LogP contribution in [0.3, 0.4) is 0 Å². The van der Waals surface area contributed by atoms with Gasteiger partial charge in [-0.05, 0) is 32.6 Å². The lowest BCUT2D eigenvalue weighted by Gasteiger charge is -2.28. The highest BCUT2D eigenvalue weighted by atomic mass is 19.4. The van der Waals surface area contributed by atoms with Gasteiger partial charge in [0.2, 0.25) is 5.91 Å². The van der Waals surface area contributed by atoms with Gasteiger partial charge in [-0.3, -0.25) is 4.79 Å². The summed E-state index contributed by atoms with van der Waals surface area (Å²) < 4.78 is 31.7. The van der Waals surface area contributed by atoms with Crippen molar-refractivity contribution >= 4 is 23.5 Å². The smallest absolute Gasteiger partial charge is 0.475 e. The average Bonchev–Trinajstić information content (AvgIpc) is 2.54. The Morgan fingerprint density at radius 1 is 1.22 bits per heavy atom. The minimum absolute atomic E-state index is 0.0394. The Bertz CT molecular complexity index is 659. The fourth-order valence-electron chi connectivity index (χ4n) is 2.59. The van der Waals surface area contributed by atoms with Crippen molar-refractivity contribution in [3.8, 4) is 0 Å². The number of rotatable bonds is 4. The number of nitrogens with one attached hydrogen (secondary N) is 1. The average molecular weight is 391 g/mol. The van der Waals surface area contributed by atoms with Crippen LogP contribution in [0.4, 0.5) is 24.8 Å². The lowest BCUT2D eigenvalue weighted by molar-refractivity contribution is -0.192. The Morgan fingerprint density at radius 3 is 2.15 bits per heavy atom. The van der Waals surface area contributed by atoms with Crippen molar-refractivity contribution in [1.82, 2.24) is 9.97 Å². The van der Waals surface area contributed by atoms with Crippen molar-refractivity contribution in [3.63, 3.8) is 0 Å². The molecule has 0 saturated heterocycles. The highest BCUT2D eigenvalue weighted by Crippen LogP contribution is 2.26. The number of aryl methyl sites for hydroxylation is 1. The molecule has 0 aromatic carbocycles. The van der Waals surface area contributed by atoms with E-state index in [0.29, 0.717) is 6.04 Å². The van der Waals surface area contributed by atoms with Crippen LogP contribution in [0.5, 0.6) is 0 Å². The highest BCUT2D eigenvalue weighted by molar-refractivity contribution is 5.76. The second-order valence-corrected chi connectivity index (χ2v) is 6.45. The number of nitrogens with zero attached hydrogens (tertiary/aromatic N) is 3. The first-order chi connectivity index (χ1) is 12.4. The normalized spacial score (nSPS) is 19.5. The van der Waals surface area contributed by atoms with Crippen molar-refractivity contribution in [3.05, 3.63) is 11.9 Å². The molecular formula is C16H24F3N5O3. The molecule has 0 unspecified atom stereocenters. The molecule has 2 rings (SSSR count). The van der Waals surface area contributed by atoms with E-state index in [1.165, 1.54) is 0 Å². The molecule has 1 aliphatic carbocycles. The van der Waals surface area contributed by atoms with Gasteiger partial charge in [-0.1, -0.05) is 0 Å². The quantitative estimate of drug-likeness (QED) is 0.717. The van der Waals surface area contributed by atoms with Crippen LogP contribution in [0.1, 0.15) is 31.5 Å². The summed E-state index contributed by atoms with van der Waals surface area (Å²) in [7, 11) is 3.92. The molecule has 4 N–H and O–H groups in total. The van der Waals surface area contributed by atoms with Gasteiger partial charge in [0.15, 0.2) is 0 Å². The first kappa shape index (κ1) is 22.5. The molecular weight excluding hydrogens is 367 g/mol. The van der Waals surface area contributed by atoms with Crippen molar-refractivity contribution in [2.75, 3.05) is 24.3 Å². The number of nitrogens with two attached hydrogens (primary N) is 1. The molecule has 27 heavy (non-hydrogen) atoms. The number of halogens is 3. The molecule has 152 valence electrons. The molecule has 1 aromatic heterocycles. The van der Waals surface area contributed by atoms with E-state index < -0.39 is 12.1 Å². The summed E-state index contributed by atoms with van der Waals surface area (Å²) in [5.41, 5.74) is 5.35. The van der Waals surface area contributed by atoms with Crippen LogP contribution in [-0.2, 0) is 9.59 Å². The highest BCUT2D eigenvalue weighted by Gasteiger charge is 2.38. The van der Waals surface area contributed by atoms with E-state index in [9.17, 15) is 18.0 Å². The Morgan fingerprint density at radius 2 is 1.74 bits per heavy atom. The molecule has 1 aliphatic rings. The van der Waals surface area contributed by atoms with Gasteiger partial charge in [0.05, 0.1) is 0 Å². The van der Waals surface area contributed by atoms with Crippen LogP contribution in [-0.4, -0.2) is 53.3 Å². The summed E-state index contributed by atoms with van der Waals surface area (Å²) in [5, 5.41) is 10.6.